The summed E-state index contributed by atoms with van der Waals surface area (Å²) in [6.45, 7) is 7.30. The zero-order valence-corrected chi connectivity index (χ0v) is 21.1. The molecule has 4 aliphatic heterocycles. The van der Waals surface area contributed by atoms with Crippen molar-refractivity contribution in [3.05, 3.63) is 23.8 Å². The predicted octanol–water partition coefficient (Wildman–Crippen LogP) is 1.73. The van der Waals surface area contributed by atoms with Crippen LogP contribution in [0.3, 0.4) is 0 Å². The van der Waals surface area contributed by atoms with Crippen molar-refractivity contribution in [1.29, 1.82) is 0 Å². The van der Waals surface area contributed by atoms with Crippen molar-refractivity contribution >= 4 is 17.9 Å². The quantitative estimate of drug-likeness (QED) is 0.324. The summed E-state index contributed by atoms with van der Waals surface area (Å²) in [4.78, 5) is 41.8. The molecule has 4 fully saturated rings. The lowest BCUT2D eigenvalue weighted by atomic mass is 10.00. The van der Waals surface area contributed by atoms with E-state index in [0.717, 1.165) is 0 Å². The second-order valence-corrected chi connectivity index (χ2v) is 10.6. The average molecular weight is 491 g/mol. The summed E-state index contributed by atoms with van der Waals surface area (Å²) in [5, 5.41) is 10.0. The second kappa shape index (κ2) is 10.4. The molecule has 9 heteroatoms. The Morgan fingerprint density at radius 3 is 2.09 bits per heavy atom. The van der Waals surface area contributed by atoms with E-state index < -0.39 is 11.9 Å². The molecule has 4 aliphatic rings. The number of hydrogen-bond acceptors (Lipinski definition) is 9. The Balaban J connectivity index is 1.25. The number of rotatable bonds is 7. The molecule has 4 heterocycles. The van der Waals surface area contributed by atoms with Gasteiger partial charge in [-0.1, -0.05) is 12.7 Å². The van der Waals surface area contributed by atoms with Crippen LogP contribution in [0.4, 0.5) is 0 Å². The summed E-state index contributed by atoms with van der Waals surface area (Å²) >= 11 is 0. The maximum atomic E-state index is 12.6. The summed E-state index contributed by atoms with van der Waals surface area (Å²) in [6, 6.07) is 0.338. The Hall–Kier alpha value is -2.23. The number of nitrogens with zero attached hydrogens (tertiary/aromatic N) is 2. The number of likely N-dealkylation sites (N-methyl/N-ethyl adjacent to an activating group) is 2. The van der Waals surface area contributed by atoms with E-state index in [1.807, 2.05) is 14.1 Å². The van der Waals surface area contributed by atoms with E-state index >= 15 is 0 Å². The predicted molar refractivity (Wildman–Crippen MR) is 127 cm³/mol. The third kappa shape index (κ3) is 5.47. The largest absolute Gasteiger partial charge is 0.462 e. The first-order chi connectivity index (χ1) is 16.6. The van der Waals surface area contributed by atoms with Crippen LogP contribution < -0.4 is 0 Å². The summed E-state index contributed by atoms with van der Waals surface area (Å²) in [6.07, 6.45) is 4.17. The van der Waals surface area contributed by atoms with Crippen molar-refractivity contribution in [2.24, 2.45) is 0 Å². The molecule has 0 saturated carbocycles. The zero-order valence-electron chi connectivity index (χ0n) is 21.1. The summed E-state index contributed by atoms with van der Waals surface area (Å²) in [7, 11) is 4.00. The van der Waals surface area contributed by atoms with E-state index in [0.29, 0.717) is 44.1 Å². The number of fused-ring (bicyclic) bond motifs is 4. The van der Waals surface area contributed by atoms with Gasteiger partial charge in [-0.05, 0) is 40.8 Å². The third-order valence-corrected chi connectivity index (χ3v) is 8.38. The van der Waals surface area contributed by atoms with E-state index in [1.165, 1.54) is 0 Å². The highest BCUT2D eigenvalue weighted by Gasteiger charge is 2.48. The van der Waals surface area contributed by atoms with Crippen LogP contribution in [0.1, 0.15) is 58.8 Å². The van der Waals surface area contributed by atoms with E-state index in [-0.39, 0.29) is 66.5 Å². The van der Waals surface area contributed by atoms with Crippen LogP contribution in [0.15, 0.2) is 23.8 Å². The first kappa shape index (κ1) is 25.9. The first-order valence-corrected chi connectivity index (χ1v) is 12.6. The van der Waals surface area contributed by atoms with Gasteiger partial charge in [0.15, 0.2) is 0 Å². The van der Waals surface area contributed by atoms with Crippen molar-refractivity contribution < 1.29 is 33.7 Å². The SMILES string of the molecule is C=C(CC(=O)OC1CC2CC(OC(=O)/C(C)=C/C)C(C1)N2C)C(=O)OC1CC2CC(O)CC1N2C. The number of ether oxygens (including phenoxy) is 3. The van der Waals surface area contributed by atoms with E-state index in [9.17, 15) is 19.5 Å². The normalized spacial score (nSPS) is 37.1. The standard InChI is InChI=1S/C26H38N2O7/c1-6-14(2)25(31)34-23-11-17-9-19(13-21(23)28(17)5)33-24(30)7-15(3)26(32)35-22-10-16-8-18(29)12-20(22)27(16)4/h6,16-23,29H,3,7-13H2,1-2,4-5H3/b14-6+. The molecule has 0 spiro atoms. The van der Waals surface area contributed by atoms with E-state index in [2.05, 4.69) is 16.4 Å². The van der Waals surface area contributed by atoms with Gasteiger partial charge in [0, 0.05) is 55.0 Å². The molecule has 1 N–H and O–H groups in total. The number of esters is 3. The molecule has 4 bridgehead atoms. The van der Waals surface area contributed by atoms with Gasteiger partial charge in [0.25, 0.3) is 0 Å². The molecule has 4 rings (SSSR count). The fourth-order valence-electron chi connectivity index (χ4n) is 6.16. The molecule has 194 valence electrons. The van der Waals surface area contributed by atoms with Crippen LogP contribution in [0.25, 0.3) is 0 Å². The van der Waals surface area contributed by atoms with Crippen molar-refractivity contribution in [2.45, 2.75) is 107 Å². The number of hydrogen-bond donors (Lipinski definition) is 1. The average Bonchev–Trinajstić information content (AvgIpc) is 3.07. The monoisotopic (exact) mass is 490 g/mol. The number of allylic oxidation sites excluding steroid dienone is 1. The minimum atomic E-state index is -0.586. The highest BCUT2D eigenvalue weighted by molar-refractivity contribution is 5.93. The Kier molecular flexibility index (Phi) is 7.68. The van der Waals surface area contributed by atoms with Crippen molar-refractivity contribution in [3.8, 4) is 0 Å². The van der Waals surface area contributed by atoms with Crippen molar-refractivity contribution in [3.63, 3.8) is 0 Å². The van der Waals surface area contributed by atoms with Gasteiger partial charge in [0.1, 0.15) is 18.3 Å². The molecule has 8 atom stereocenters. The third-order valence-electron chi connectivity index (χ3n) is 8.38. The lowest BCUT2D eigenvalue weighted by molar-refractivity contribution is -0.156. The Morgan fingerprint density at radius 1 is 0.886 bits per heavy atom. The summed E-state index contributed by atoms with van der Waals surface area (Å²) in [5.41, 5.74) is 0.649. The maximum absolute atomic E-state index is 12.6. The Bertz CT molecular complexity index is 902. The number of aliphatic hydroxyl groups is 1. The summed E-state index contributed by atoms with van der Waals surface area (Å²) in [5.74, 6) is -1.40. The molecule has 9 nitrogen and oxygen atoms in total. The molecule has 0 aromatic heterocycles. The molecule has 8 unspecified atom stereocenters. The van der Waals surface area contributed by atoms with Crippen LogP contribution in [0.5, 0.6) is 0 Å². The second-order valence-electron chi connectivity index (χ2n) is 10.6. The fourth-order valence-corrected chi connectivity index (χ4v) is 6.16. The number of piperidine rings is 2. The number of carbonyl (C=O) groups excluding carboxylic acids is 3. The topological polar surface area (TPSA) is 106 Å². The molecule has 0 aromatic rings. The Morgan fingerprint density at radius 2 is 1.46 bits per heavy atom. The van der Waals surface area contributed by atoms with Gasteiger partial charge >= 0.3 is 17.9 Å². The minimum absolute atomic E-state index is 0.0117. The van der Waals surface area contributed by atoms with Crippen LogP contribution in [-0.4, -0.2) is 95.5 Å². The molecule has 0 aromatic carbocycles. The van der Waals surface area contributed by atoms with Gasteiger partial charge < -0.3 is 19.3 Å². The molecule has 0 aliphatic carbocycles. The molecular formula is C26H38N2O7. The maximum Gasteiger partial charge on any atom is 0.334 e. The highest BCUT2D eigenvalue weighted by Crippen LogP contribution is 2.38. The molecule has 4 saturated heterocycles. The van der Waals surface area contributed by atoms with Crippen LogP contribution >= 0.6 is 0 Å². The highest BCUT2D eigenvalue weighted by atomic mass is 16.6. The van der Waals surface area contributed by atoms with Crippen molar-refractivity contribution in [2.75, 3.05) is 14.1 Å². The van der Waals surface area contributed by atoms with Crippen LogP contribution in [0, 0.1) is 0 Å². The number of aliphatic hydroxyl groups excluding tert-OH is 1. The summed E-state index contributed by atoms with van der Waals surface area (Å²) < 4.78 is 17.1. The minimum Gasteiger partial charge on any atom is -0.462 e. The molecular weight excluding hydrogens is 452 g/mol. The first-order valence-electron chi connectivity index (χ1n) is 12.6. The zero-order chi connectivity index (χ0) is 25.4. The van der Waals surface area contributed by atoms with E-state index in [1.54, 1.807) is 19.9 Å². The van der Waals surface area contributed by atoms with Crippen LogP contribution in [-0.2, 0) is 28.6 Å². The lowest BCUT2D eigenvalue weighted by Crippen LogP contribution is -2.46. The van der Waals surface area contributed by atoms with Gasteiger partial charge in [-0.2, -0.15) is 0 Å². The van der Waals surface area contributed by atoms with Gasteiger partial charge in [-0.3, -0.25) is 14.6 Å². The van der Waals surface area contributed by atoms with Crippen LogP contribution in [0.2, 0.25) is 0 Å². The van der Waals surface area contributed by atoms with E-state index in [4.69, 9.17) is 14.2 Å². The van der Waals surface area contributed by atoms with Gasteiger partial charge in [0.2, 0.25) is 0 Å². The smallest absolute Gasteiger partial charge is 0.334 e. The van der Waals surface area contributed by atoms with Crippen molar-refractivity contribution in [1.82, 2.24) is 9.80 Å². The Labute approximate surface area is 207 Å². The van der Waals surface area contributed by atoms with Gasteiger partial charge in [0.05, 0.1) is 18.6 Å². The molecule has 35 heavy (non-hydrogen) atoms. The molecule has 0 amide bonds. The van der Waals surface area contributed by atoms with Gasteiger partial charge in [-0.15, -0.1) is 0 Å². The van der Waals surface area contributed by atoms with Gasteiger partial charge in [-0.25, -0.2) is 9.59 Å². The lowest BCUT2D eigenvalue weighted by Gasteiger charge is -2.36. The fraction of sp³-hybridized carbons (Fsp3) is 0.731. The number of carbonyl (C=O) groups is 3. The molecule has 0 radical (unpaired) electrons.